The summed E-state index contributed by atoms with van der Waals surface area (Å²) >= 11 is 1.51. The van der Waals surface area contributed by atoms with Crippen molar-refractivity contribution in [1.82, 2.24) is 20.9 Å². The van der Waals surface area contributed by atoms with E-state index in [9.17, 15) is 28.8 Å². The van der Waals surface area contributed by atoms with Crippen LogP contribution in [0, 0.1) is 0 Å². The molecule has 2 rings (SSSR count). The number of nitrogens with two attached hydrogens (primary N) is 1. The second kappa shape index (κ2) is 16.7. The monoisotopic (exact) mass is 603 g/mol. The number of nitrogens with zero attached hydrogens (tertiary/aromatic N) is 1. The highest BCUT2D eigenvalue weighted by Gasteiger charge is 2.28. The second-order valence-electron chi connectivity index (χ2n) is 10.7. The van der Waals surface area contributed by atoms with Gasteiger partial charge in [0.1, 0.15) is 17.7 Å². The fraction of sp³-hybridized carbons (Fsp3) is 0.517. The number of hydrogen-bond acceptors (Lipinski definition) is 9. The van der Waals surface area contributed by atoms with Crippen molar-refractivity contribution in [3.05, 3.63) is 47.5 Å². The fourth-order valence-corrected chi connectivity index (χ4v) is 4.48. The molecule has 5 N–H and O–H groups in total. The van der Waals surface area contributed by atoms with Gasteiger partial charge in [0.05, 0.1) is 6.54 Å². The molecule has 12 nitrogen and oxygen atoms in total. The van der Waals surface area contributed by atoms with Gasteiger partial charge in [0, 0.05) is 30.8 Å². The zero-order valence-electron chi connectivity index (χ0n) is 24.6. The molecule has 0 saturated heterocycles. The van der Waals surface area contributed by atoms with Gasteiger partial charge in [-0.2, -0.15) is 11.8 Å². The largest absolute Gasteiger partial charge is 0.458 e. The molecule has 2 unspecified atom stereocenters. The number of hydrogen-bond donors (Lipinski definition) is 4. The summed E-state index contributed by atoms with van der Waals surface area (Å²) in [5.41, 5.74) is 6.01. The van der Waals surface area contributed by atoms with Crippen LogP contribution in [0.5, 0.6) is 0 Å². The van der Waals surface area contributed by atoms with Crippen molar-refractivity contribution in [2.24, 2.45) is 5.73 Å². The highest BCUT2D eigenvalue weighted by Crippen LogP contribution is 2.13. The van der Waals surface area contributed by atoms with Crippen molar-refractivity contribution in [3.63, 3.8) is 0 Å². The average molecular weight is 604 g/mol. The first-order valence-electron chi connectivity index (χ1n) is 13.8. The van der Waals surface area contributed by atoms with E-state index in [4.69, 9.17) is 10.5 Å². The number of carbonyl (C=O) groups excluding carboxylic acids is 6. The highest BCUT2D eigenvalue weighted by molar-refractivity contribution is 7.98. The highest BCUT2D eigenvalue weighted by atomic mass is 32.2. The summed E-state index contributed by atoms with van der Waals surface area (Å²) in [4.78, 5) is 75.9. The van der Waals surface area contributed by atoms with Crippen molar-refractivity contribution in [1.29, 1.82) is 0 Å². The molecule has 5 amide bonds. The Hall–Kier alpha value is -3.71. The van der Waals surface area contributed by atoms with Gasteiger partial charge in [-0.15, -0.1) is 0 Å². The molecular weight excluding hydrogens is 562 g/mol. The van der Waals surface area contributed by atoms with Gasteiger partial charge in [0.2, 0.25) is 11.8 Å². The molecule has 0 spiro atoms. The van der Waals surface area contributed by atoms with Crippen LogP contribution in [0.15, 0.2) is 36.4 Å². The van der Waals surface area contributed by atoms with Crippen LogP contribution in [0.2, 0.25) is 0 Å². The summed E-state index contributed by atoms with van der Waals surface area (Å²) in [6, 6.07) is 4.90. The predicted molar refractivity (Wildman–Crippen MR) is 159 cm³/mol. The zero-order chi connectivity index (χ0) is 31.3. The van der Waals surface area contributed by atoms with Crippen LogP contribution >= 0.6 is 11.8 Å². The summed E-state index contributed by atoms with van der Waals surface area (Å²) in [6.07, 6.45) is 5.68. The molecule has 0 aliphatic carbocycles. The van der Waals surface area contributed by atoms with Crippen molar-refractivity contribution < 1.29 is 33.5 Å². The lowest BCUT2D eigenvalue weighted by molar-refractivity contribution is -0.159. The minimum absolute atomic E-state index is 0.190. The standard InChI is InChI=1S/C29H41N5O7S/c1-29(2,3)41-28(40)22(10-5-6-14-34-24(36)11-12-25(34)37)32-23(35)18-31-27(39)21(13-15-42-4)33-26(38)20-9-7-8-19(16-20)17-30/h7-9,11-12,16,21-22H,5-6,10,13-15,17-18,30H2,1-4H3,(H,31,39)(H,32,35)(H,33,38). The Morgan fingerprint density at radius 2 is 1.69 bits per heavy atom. The molecule has 1 aromatic carbocycles. The SMILES string of the molecule is CSCCC(NC(=O)c1cccc(CN)c1)C(=O)NCC(=O)NC(CCCCN1C(=O)C=CC1=O)C(=O)OC(C)(C)C. The van der Waals surface area contributed by atoms with Gasteiger partial charge in [0.25, 0.3) is 17.7 Å². The van der Waals surface area contributed by atoms with Gasteiger partial charge in [-0.1, -0.05) is 12.1 Å². The minimum Gasteiger partial charge on any atom is -0.458 e. The third kappa shape index (κ3) is 11.6. The number of nitrogens with one attached hydrogen (secondary N) is 3. The van der Waals surface area contributed by atoms with Crippen LogP contribution in [-0.2, 0) is 35.3 Å². The summed E-state index contributed by atoms with van der Waals surface area (Å²) in [5.74, 6) is -2.40. The summed E-state index contributed by atoms with van der Waals surface area (Å²) < 4.78 is 5.45. The molecule has 13 heteroatoms. The Morgan fingerprint density at radius 3 is 2.31 bits per heavy atom. The van der Waals surface area contributed by atoms with Gasteiger partial charge in [-0.25, -0.2) is 4.79 Å². The predicted octanol–water partition coefficient (Wildman–Crippen LogP) is 1.03. The molecule has 0 fully saturated rings. The fourth-order valence-electron chi connectivity index (χ4n) is 4.01. The average Bonchev–Trinajstić information content (AvgIpc) is 3.26. The number of ether oxygens (including phenoxy) is 1. The van der Waals surface area contributed by atoms with Crippen molar-refractivity contribution in [2.75, 3.05) is 25.1 Å². The Kier molecular flexibility index (Phi) is 13.7. The molecule has 1 heterocycles. The van der Waals surface area contributed by atoms with E-state index in [1.54, 1.807) is 45.0 Å². The van der Waals surface area contributed by atoms with E-state index in [1.165, 1.54) is 23.9 Å². The number of benzene rings is 1. The topological polar surface area (TPSA) is 177 Å². The van der Waals surface area contributed by atoms with E-state index in [-0.39, 0.29) is 31.3 Å². The second-order valence-corrected chi connectivity index (χ2v) is 11.7. The third-order valence-electron chi connectivity index (χ3n) is 6.13. The van der Waals surface area contributed by atoms with E-state index in [2.05, 4.69) is 16.0 Å². The zero-order valence-corrected chi connectivity index (χ0v) is 25.4. The van der Waals surface area contributed by atoms with Crippen LogP contribution in [0.25, 0.3) is 0 Å². The van der Waals surface area contributed by atoms with E-state index in [0.717, 1.165) is 10.5 Å². The maximum absolute atomic E-state index is 12.9. The van der Waals surface area contributed by atoms with Crippen molar-refractivity contribution >= 4 is 47.3 Å². The maximum atomic E-state index is 12.9. The van der Waals surface area contributed by atoms with E-state index >= 15 is 0 Å². The van der Waals surface area contributed by atoms with Gasteiger partial charge >= 0.3 is 5.97 Å². The van der Waals surface area contributed by atoms with E-state index < -0.39 is 47.9 Å². The number of rotatable bonds is 16. The maximum Gasteiger partial charge on any atom is 0.329 e. The van der Waals surface area contributed by atoms with Gasteiger partial charge in [-0.3, -0.25) is 28.9 Å². The molecule has 0 bridgehead atoms. The van der Waals surface area contributed by atoms with Gasteiger partial charge in [0.15, 0.2) is 0 Å². The molecule has 1 aromatic rings. The number of unbranched alkanes of at least 4 members (excludes halogenated alkanes) is 1. The minimum atomic E-state index is -1.00. The molecule has 0 radical (unpaired) electrons. The Labute approximate surface area is 250 Å². The molecule has 42 heavy (non-hydrogen) atoms. The summed E-state index contributed by atoms with van der Waals surface area (Å²) in [6.45, 7) is 5.15. The Morgan fingerprint density at radius 1 is 1.00 bits per heavy atom. The quantitative estimate of drug-likeness (QED) is 0.122. The first kappa shape index (κ1) is 34.5. The van der Waals surface area contributed by atoms with Crippen molar-refractivity contribution in [3.8, 4) is 0 Å². The number of imide groups is 1. The van der Waals surface area contributed by atoms with Crippen LogP contribution in [0.3, 0.4) is 0 Å². The first-order chi connectivity index (χ1) is 19.8. The molecule has 1 aliphatic heterocycles. The Bertz CT molecular complexity index is 1160. The van der Waals surface area contributed by atoms with Gasteiger partial charge < -0.3 is 26.4 Å². The summed E-state index contributed by atoms with van der Waals surface area (Å²) in [7, 11) is 0. The van der Waals surface area contributed by atoms with Crippen LogP contribution in [0.1, 0.15) is 62.4 Å². The molecular formula is C29H41N5O7S. The van der Waals surface area contributed by atoms with Crippen molar-refractivity contribution in [2.45, 2.75) is 70.7 Å². The number of esters is 1. The lowest BCUT2D eigenvalue weighted by Gasteiger charge is -2.25. The van der Waals surface area contributed by atoms with E-state index in [0.29, 0.717) is 30.6 Å². The van der Waals surface area contributed by atoms with Crippen LogP contribution in [0.4, 0.5) is 0 Å². The third-order valence-corrected chi connectivity index (χ3v) is 6.78. The molecule has 230 valence electrons. The lowest BCUT2D eigenvalue weighted by Crippen LogP contribution is -2.51. The van der Waals surface area contributed by atoms with Crippen LogP contribution < -0.4 is 21.7 Å². The normalized spacial score (nSPS) is 14.4. The molecule has 0 aromatic heterocycles. The molecule has 0 saturated carbocycles. The lowest BCUT2D eigenvalue weighted by atomic mass is 10.1. The smallest absolute Gasteiger partial charge is 0.329 e. The number of thioether (sulfide) groups is 1. The molecule has 1 aliphatic rings. The first-order valence-corrected chi connectivity index (χ1v) is 15.2. The molecule has 2 atom stereocenters. The Balaban J connectivity index is 1.96. The number of carbonyl (C=O) groups is 6. The summed E-state index contributed by atoms with van der Waals surface area (Å²) in [5, 5.41) is 7.88. The number of amides is 5. The van der Waals surface area contributed by atoms with E-state index in [1.807, 2.05) is 6.26 Å². The van der Waals surface area contributed by atoms with Gasteiger partial charge in [-0.05, 0) is 76.2 Å². The van der Waals surface area contributed by atoms with Crippen LogP contribution in [-0.4, -0.2) is 83.2 Å².